The fraction of sp³-hybridized carbons (Fsp3) is 0.583. The fourth-order valence-electron chi connectivity index (χ4n) is 1.50. The molecule has 4 heteroatoms. The molecule has 1 rings (SSSR count). The van der Waals surface area contributed by atoms with Crippen LogP contribution in [0.1, 0.15) is 37.4 Å². The molecule has 0 atom stereocenters. The number of thiol groups is 1. The maximum Gasteiger partial charge on any atom is 0.264 e. The van der Waals surface area contributed by atoms with Gasteiger partial charge < -0.3 is 4.90 Å². The minimum atomic E-state index is 0.119. The number of rotatable bonds is 4. The van der Waals surface area contributed by atoms with Crippen LogP contribution in [0.25, 0.3) is 0 Å². The first kappa shape index (κ1) is 13.6. The molecule has 0 unspecified atom stereocenters. The molecule has 0 saturated heterocycles. The second-order valence-corrected chi connectivity index (χ2v) is 6.04. The molecule has 0 saturated carbocycles. The van der Waals surface area contributed by atoms with Crippen molar-refractivity contribution in [2.45, 2.75) is 38.6 Å². The van der Waals surface area contributed by atoms with Crippen molar-refractivity contribution in [1.29, 1.82) is 0 Å². The molecule has 1 amide bonds. The van der Waals surface area contributed by atoms with E-state index in [4.69, 9.17) is 0 Å². The first-order valence-corrected chi connectivity index (χ1v) is 6.83. The Hall–Kier alpha value is -0.480. The number of hydrogen-bond acceptors (Lipinski definition) is 3. The van der Waals surface area contributed by atoms with Gasteiger partial charge in [0.05, 0.1) is 4.88 Å². The van der Waals surface area contributed by atoms with E-state index in [1.165, 1.54) is 11.3 Å². The highest BCUT2D eigenvalue weighted by molar-refractivity contribution is 7.80. The van der Waals surface area contributed by atoms with Gasteiger partial charge in [-0.1, -0.05) is 13.8 Å². The molecule has 0 aliphatic carbocycles. The summed E-state index contributed by atoms with van der Waals surface area (Å²) in [5.74, 6) is 0.607. The van der Waals surface area contributed by atoms with Crippen LogP contribution in [-0.4, -0.2) is 23.4 Å². The van der Waals surface area contributed by atoms with E-state index >= 15 is 0 Å². The summed E-state index contributed by atoms with van der Waals surface area (Å²) in [6, 6.07) is 2.08. The monoisotopic (exact) mass is 257 g/mol. The quantitative estimate of drug-likeness (QED) is 0.818. The molecule has 0 aliphatic rings. The Labute approximate surface area is 107 Å². The van der Waals surface area contributed by atoms with Crippen molar-refractivity contribution in [3.05, 3.63) is 16.3 Å². The Balaban J connectivity index is 2.83. The minimum absolute atomic E-state index is 0.119. The Kier molecular flexibility index (Phi) is 4.87. The lowest BCUT2D eigenvalue weighted by atomic mass is 10.1. The van der Waals surface area contributed by atoms with Crippen molar-refractivity contribution < 1.29 is 4.79 Å². The van der Waals surface area contributed by atoms with Gasteiger partial charge in [0.25, 0.3) is 5.91 Å². The predicted molar refractivity (Wildman–Crippen MR) is 72.6 cm³/mol. The summed E-state index contributed by atoms with van der Waals surface area (Å²) in [5.41, 5.74) is 0. The van der Waals surface area contributed by atoms with Crippen LogP contribution in [0.4, 0.5) is 0 Å². The lowest BCUT2D eigenvalue weighted by molar-refractivity contribution is 0.0687. The molecule has 0 bridgehead atoms. The largest absolute Gasteiger partial charge is 0.335 e. The lowest BCUT2D eigenvalue weighted by Crippen LogP contribution is -2.39. The maximum atomic E-state index is 12.2. The number of hydrogen-bond donors (Lipinski definition) is 1. The van der Waals surface area contributed by atoms with Crippen molar-refractivity contribution in [1.82, 2.24) is 4.90 Å². The summed E-state index contributed by atoms with van der Waals surface area (Å²) >= 11 is 5.69. The summed E-state index contributed by atoms with van der Waals surface area (Å²) in [5, 5.41) is 1.89. The molecule has 2 nitrogen and oxygen atoms in total. The van der Waals surface area contributed by atoms with Gasteiger partial charge in [-0.2, -0.15) is 0 Å². The first-order chi connectivity index (χ1) is 7.41. The van der Waals surface area contributed by atoms with Gasteiger partial charge in [-0.25, -0.2) is 0 Å². The Bertz CT molecular complexity index is 358. The third kappa shape index (κ3) is 3.52. The highest BCUT2D eigenvalue weighted by atomic mass is 32.1. The van der Waals surface area contributed by atoms with E-state index in [1.54, 1.807) is 0 Å². The third-order valence-corrected chi connectivity index (χ3v) is 3.59. The van der Waals surface area contributed by atoms with Gasteiger partial charge in [0.1, 0.15) is 0 Å². The highest BCUT2D eigenvalue weighted by Crippen LogP contribution is 2.20. The Morgan fingerprint density at radius 3 is 2.44 bits per heavy atom. The molecule has 1 aromatic rings. The standard InChI is InChI=1S/C12H19NOS2/c1-8(2)6-13(9(3)4)12(14)11-5-10(15)7-16-11/h5,7-9,15H,6H2,1-4H3. The van der Waals surface area contributed by atoms with Gasteiger partial charge in [-0.15, -0.1) is 24.0 Å². The topological polar surface area (TPSA) is 20.3 Å². The van der Waals surface area contributed by atoms with E-state index in [0.29, 0.717) is 5.92 Å². The average Bonchev–Trinajstić information content (AvgIpc) is 2.59. The summed E-state index contributed by atoms with van der Waals surface area (Å²) < 4.78 is 0. The number of carbonyl (C=O) groups excluding carboxylic acids is 1. The van der Waals surface area contributed by atoms with Crippen molar-refractivity contribution in [3.8, 4) is 0 Å². The minimum Gasteiger partial charge on any atom is -0.335 e. The van der Waals surface area contributed by atoms with E-state index in [0.717, 1.165) is 16.3 Å². The summed E-state index contributed by atoms with van der Waals surface area (Å²) in [6.45, 7) is 9.16. The first-order valence-electron chi connectivity index (χ1n) is 5.50. The van der Waals surface area contributed by atoms with E-state index in [1.807, 2.05) is 16.3 Å². The molecular weight excluding hydrogens is 238 g/mol. The van der Waals surface area contributed by atoms with Gasteiger partial charge in [0, 0.05) is 22.9 Å². The summed E-state index contributed by atoms with van der Waals surface area (Å²) in [6.07, 6.45) is 0. The zero-order valence-corrected chi connectivity index (χ0v) is 11.9. The van der Waals surface area contributed by atoms with Gasteiger partial charge in [0.2, 0.25) is 0 Å². The predicted octanol–water partition coefficient (Wildman–Crippen LogP) is 3.54. The Morgan fingerprint density at radius 2 is 2.06 bits per heavy atom. The molecule has 0 aliphatic heterocycles. The molecular formula is C12H19NOS2. The zero-order chi connectivity index (χ0) is 12.3. The van der Waals surface area contributed by atoms with E-state index in [-0.39, 0.29) is 11.9 Å². The van der Waals surface area contributed by atoms with Gasteiger partial charge in [-0.3, -0.25) is 4.79 Å². The van der Waals surface area contributed by atoms with Crippen LogP contribution < -0.4 is 0 Å². The molecule has 1 heterocycles. The average molecular weight is 257 g/mol. The second kappa shape index (κ2) is 5.73. The molecule has 1 aromatic heterocycles. The van der Waals surface area contributed by atoms with Crippen LogP contribution in [0.2, 0.25) is 0 Å². The maximum absolute atomic E-state index is 12.2. The number of carbonyl (C=O) groups is 1. The van der Waals surface area contributed by atoms with E-state index < -0.39 is 0 Å². The van der Waals surface area contributed by atoms with Crippen LogP contribution in [0.5, 0.6) is 0 Å². The van der Waals surface area contributed by atoms with Gasteiger partial charge >= 0.3 is 0 Å². The van der Waals surface area contributed by atoms with Gasteiger partial charge in [-0.05, 0) is 25.8 Å². The van der Waals surface area contributed by atoms with E-state index in [9.17, 15) is 4.79 Å². The fourth-order valence-corrected chi connectivity index (χ4v) is 2.60. The van der Waals surface area contributed by atoms with Crippen molar-refractivity contribution in [2.24, 2.45) is 5.92 Å². The molecule has 0 aromatic carbocycles. The van der Waals surface area contributed by atoms with Crippen molar-refractivity contribution in [2.75, 3.05) is 6.54 Å². The van der Waals surface area contributed by atoms with Crippen molar-refractivity contribution >= 4 is 29.9 Å². The molecule has 16 heavy (non-hydrogen) atoms. The number of nitrogens with zero attached hydrogens (tertiary/aromatic N) is 1. The second-order valence-electron chi connectivity index (χ2n) is 4.61. The molecule has 90 valence electrons. The zero-order valence-electron chi connectivity index (χ0n) is 10.2. The number of amides is 1. The van der Waals surface area contributed by atoms with Gasteiger partial charge in [0.15, 0.2) is 0 Å². The third-order valence-electron chi connectivity index (χ3n) is 2.24. The van der Waals surface area contributed by atoms with Crippen LogP contribution in [0, 0.1) is 5.92 Å². The Morgan fingerprint density at radius 1 is 1.44 bits per heavy atom. The normalized spacial score (nSPS) is 11.2. The lowest BCUT2D eigenvalue weighted by Gasteiger charge is -2.28. The molecule has 0 fully saturated rings. The van der Waals surface area contributed by atoms with Crippen LogP contribution in [0.3, 0.4) is 0 Å². The van der Waals surface area contributed by atoms with Crippen LogP contribution in [0.15, 0.2) is 16.3 Å². The molecule has 0 N–H and O–H groups in total. The summed E-state index contributed by atoms with van der Waals surface area (Å²) in [7, 11) is 0. The van der Waals surface area contributed by atoms with Crippen molar-refractivity contribution in [3.63, 3.8) is 0 Å². The molecule has 0 spiro atoms. The highest BCUT2D eigenvalue weighted by Gasteiger charge is 2.20. The SMILES string of the molecule is CC(C)CN(C(=O)c1cc(S)cs1)C(C)C. The smallest absolute Gasteiger partial charge is 0.264 e. The van der Waals surface area contributed by atoms with Crippen LogP contribution >= 0.6 is 24.0 Å². The summed E-state index contributed by atoms with van der Waals surface area (Å²) in [4.78, 5) is 15.8. The van der Waals surface area contributed by atoms with E-state index in [2.05, 4.69) is 40.3 Å². The number of thiophene rings is 1. The van der Waals surface area contributed by atoms with Crippen LogP contribution in [-0.2, 0) is 0 Å². The molecule has 0 radical (unpaired) electrons.